The summed E-state index contributed by atoms with van der Waals surface area (Å²) in [5.41, 5.74) is -5.12. The van der Waals surface area contributed by atoms with Gasteiger partial charge in [-0.05, 0) is 132 Å². The van der Waals surface area contributed by atoms with Gasteiger partial charge in [0.2, 0.25) is 19.9 Å². The number of benzene rings is 5. The van der Waals surface area contributed by atoms with Crippen molar-refractivity contribution in [3.63, 3.8) is 0 Å². The van der Waals surface area contributed by atoms with Gasteiger partial charge in [-0.25, -0.2) is 47.1 Å². The van der Waals surface area contributed by atoms with E-state index in [-0.39, 0.29) is 93.1 Å². The van der Waals surface area contributed by atoms with Crippen LogP contribution in [-0.4, -0.2) is 95.7 Å². The van der Waals surface area contributed by atoms with Crippen LogP contribution in [0.25, 0.3) is 33.4 Å². The van der Waals surface area contributed by atoms with Crippen LogP contribution in [0, 0.1) is 33.1 Å². The lowest BCUT2D eigenvalue weighted by molar-refractivity contribution is -0.161. The van der Waals surface area contributed by atoms with Crippen molar-refractivity contribution in [3.05, 3.63) is 113 Å². The number of alkyl halides is 3. The molecule has 2 N–H and O–H groups in total. The largest absolute Gasteiger partial charge is 0.499 e. The Morgan fingerprint density at radius 2 is 1.40 bits per heavy atom. The van der Waals surface area contributed by atoms with Crippen molar-refractivity contribution in [2.75, 3.05) is 24.7 Å². The molecule has 2 heterocycles. The number of carbonyl (C=O) groups is 1. The maximum Gasteiger partial charge on any atom is 0.499 e. The summed E-state index contributed by atoms with van der Waals surface area (Å²) in [6.45, 7) is 11.0. The van der Waals surface area contributed by atoms with E-state index in [9.17, 15) is 72.4 Å². The van der Waals surface area contributed by atoms with Gasteiger partial charge in [0.25, 0.3) is 23.8 Å². The van der Waals surface area contributed by atoms with Crippen molar-refractivity contribution in [2.24, 2.45) is 10.4 Å². The van der Waals surface area contributed by atoms with Crippen LogP contribution in [0.1, 0.15) is 62.3 Å². The first-order chi connectivity index (χ1) is 35.8. The molecule has 1 aliphatic carbocycles. The molecular weight excluding hydrogens is 1150 g/mol. The molecule has 4 aromatic rings. The van der Waals surface area contributed by atoms with Gasteiger partial charge < -0.3 is 14.5 Å². The highest BCUT2D eigenvalue weighted by atomic mass is 32.3. The zero-order valence-corrected chi connectivity index (χ0v) is 47.7. The summed E-state index contributed by atoms with van der Waals surface area (Å²) in [4.78, 5) is 15.8. The second-order valence-corrected chi connectivity index (χ2v) is 31.3. The quantitative estimate of drug-likeness (QED) is 0.0401. The Kier molecular flexibility index (Phi) is 16.1. The van der Waals surface area contributed by atoms with Crippen LogP contribution in [0.2, 0.25) is 0 Å². The second kappa shape index (κ2) is 21.0. The predicted molar refractivity (Wildman–Crippen MR) is 282 cm³/mol. The number of nitrogens with zero attached hydrogens (tertiary/aromatic N) is 2. The van der Waals surface area contributed by atoms with Gasteiger partial charge in [-0.15, -0.1) is 0 Å². The Morgan fingerprint density at radius 3 is 1.97 bits per heavy atom. The Morgan fingerprint density at radius 1 is 0.782 bits per heavy atom. The molecule has 422 valence electrons. The molecule has 7 rings (SSSR count). The van der Waals surface area contributed by atoms with Crippen LogP contribution in [0.5, 0.6) is 0 Å². The van der Waals surface area contributed by atoms with Gasteiger partial charge in [-0.1, -0.05) is 39.2 Å². The second-order valence-electron chi connectivity index (χ2n) is 19.3. The highest BCUT2D eigenvalue weighted by molar-refractivity contribution is 8.24. The number of hydrogen-bond donors (Lipinski definition) is 2. The van der Waals surface area contributed by atoms with Crippen molar-refractivity contribution >= 4 is 94.0 Å². The molecule has 0 saturated carbocycles. The third kappa shape index (κ3) is 11.9. The third-order valence-electron chi connectivity index (χ3n) is 13.2. The molecule has 29 heteroatoms. The topological polar surface area (TPSA) is 284 Å². The van der Waals surface area contributed by atoms with Crippen LogP contribution < -0.4 is 14.8 Å². The highest BCUT2D eigenvalue weighted by Gasteiger charge is 2.60. The third-order valence-corrected chi connectivity index (χ3v) is 26.2. The molecule has 0 radical (unpaired) electrons. The van der Waals surface area contributed by atoms with Crippen molar-refractivity contribution in [3.8, 4) is 22.5 Å². The van der Waals surface area contributed by atoms with Gasteiger partial charge in [0.05, 0.1) is 31.1 Å². The normalized spacial score (nSPS) is 15.7. The Bertz CT molecular complexity index is 4160. The Hall–Kier alpha value is -5.82. The van der Waals surface area contributed by atoms with Crippen LogP contribution in [0.15, 0.2) is 109 Å². The SMILES string of the molecule is CCC(C)(C)C(=O)OC1CCN(S(=O)(=O)c2ccccc2-c2c3ccc(=Nc4c(C)cc(S(=O)(=O)C(S(C)(=O)=O)S(=O)(=O)C(F)(F)F)cc4C)cc-3oc3cc(Nc4c(C)ccc(S(=O)(=O)NS(=O)(=O)F)c4C)ccc23)CC1. The predicted octanol–water partition coefficient (Wildman–Crippen LogP) is 8.08. The molecule has 0 amide bonds. The van der Waals surface area contributed by atoms with Gasteiger partial charge >= 0.3 is 21.9 Å². The fourth-order valence-electron chi connectivity index (χ4n) is 8.86. The standard InChI is InChI=1S/C49H52F4N4O15S6/c1-9-48(6,7)46(58)71-34-20-22-57(23-21-34)77(67,68)42-13-11-10-12-38(42)43-36-17-15-32(54-44-29(3)24-35(25-30(44)4)74(61,62)47(73(8,59)60)75(63,64)49(50,51)52)26-39(36)72-40-27-33(16-18-37(40)43)55-45-28(2)14-19-41(31(45)5)76(65,66)56-78(53,69)70/h10-19,24-27,34,47,55-56H,9,20-23H2,1-8H3. The summed E-state index contributed by atoms with van der Waals surface area (Å²) in [7, 11) is -33.0. The van der Waals surface area contributed by atoms with E-state index in [2.05, 4.69) is 10.3 Å². The zero-order valence-electron chi connectivity index (χ0n) is 42.8. The Balaban J connectivity index is 1.39. The number of anilines is 2. The van der Waals surface area contributed by atoms with Crippen molar-refractivity contribution in [1.82, 2.24) is 8.43 Å². The van der Waals surface area contributed by atoms with Crippen molar-refractivity contribution < 1.29 is 81.5 Å². The molecule has 0 aromatic heterocycles. The summed E-state index contributed by atoms with van der Waals surface area (Å²) in [6.07, 6.45) is 0.515. The molecule has 1 fully saturated rings. The average molecular weight is 1210 g/mol. The number of esters is 1. The number of aryl methyl sites for hydroxylation is 3. The number of rotatable bonds is 16. The van der Waals surface area contributed by atoms with E-state index < -0.39 is 96.7 Å². The van der Waals surface area contributed by atoms with Crippen LogP contribution in [0.4, 0.5) is 34.1 Å². The van der Waals surface area contributed by atoms with E-state index in [4.69, 9.17) is 9.15 Å². The van der Waals surface area contributed by atoms with Gasteiger partial charge in [-0.2, -0.15) is 25.9 Å². The molecule has 1 saturated heterocycles. The average Bonchev–Trinajstić information content (AvgIpc) is 3.47. The number of nitrogens with one attached hydrogen (secondary N) is 2. The molecule has 3 aliphatic rings. The summed E-state index contributed by atoms with van der Waals surface area (Å²) in [5, 5.41) is 3.58. The molecule has 1 unspecified atom stereocenters. The fraction of sp³-hybridized carbons (Fsp3) is 0.347. The number of ether oxygens (including phenoxy) is 1. The minimum atomic E-state index is -6.83. The molecule has 1 atom stereocenters. The van der Waals surface area contributed by atoms with E-state index in [1.54, 1.807) is 57.2 Å². The lowest BCUT2D eigenvalue weighted by Crippen LogP contribution is -2.44. The lowest BCUT2D eigenvalue weighted by atomic mass is 9.90. The van der Waals surface area contributed by atoms with E-state index >= 15 is 0 Å². The summed E-state index contributed by atoms with van der Waals surface area (Å²) < 4.78 is 220. The first-order valence-corrected chi connectivity index (χ1v) is 32.7. The minimum absolute atomic E-state index is 0.00228. The number of hydrogen-bond acceptors (Lipinski definition) is 17. The smallest absolute Gasteiger partial charge is 0.462 e. The lowest BCUT2D eigenvalue weighted by Gasteiger charge is -2.33. The van der Waals surface area contributed by atoms with Gasteiger partial charge in [-0.3, -0.25) is 4.79 Å². The van der Waals surface area contributed by atoms with Crippen molar-refractivity contribution in [1.29, 1.82) is 0 Å². The summed E-state index contributed by atoms with van der Waals surface area (Å²) in [5.74, 6) is -0.321. The van der Waals surface area contributed by atoms with Gasteiger partial charge in [0.15, 0.2) is 9.84 Å². The minimum Gasteiger partial charge on any atom is -0.462 e. The van der Waals surface area contributed by atoms with E-state index in [0.29, 0.717) is 28.5 Å². The molecule has 0 bridgehead atoms. The summed E-state index contributed by atoms with van der Waals surface area (Å²) in [6, 6.07) is 19.4. The van der Waals surface area contributed by atoms with E-state index in [0.717, 1.165) is 22.3 Å². The van der Waals surface area contributed by atoms with Crippen LogP contribution >= 0.6 is 0 Å². The maximum absolute atomic E-state index is 14.8. The number of piperidine rings is 1. The molecular formula is C49H52F4N4O15S6. The molecule has 0 spiro atoms. The highest BCUT2D eigenvalue weighted by Crippen LogP contribution is 2.45. The van der Waals surface area contributed by atoms with Crippen LogP contribution in [0.3, 0.4) is 0 Å². The molecule has 78 heavy (non-hydrogen) atoms. The number of halogens is 4. The Labute approximate surface area is 449 Å². The van der Waals surface area contributed by atoms with Gasteiger partial charge in [0.1, 0.15) is 17.4 Å². The molecule has 2 aliphatic heterocycles. The van der Waals surface area contributed by atoms with Crippen LogP contribution in [-0.2, 0) is 69.5 Å². The zero-order chi connectivity index (χ0) is 58.1. The fourth-order valence-corrected chi connectivity index (χ4v) is 20.2. The van der Waals surface area contributed by atoms with E-state index in [1.807, 2.05) is 6.92 Å². The number of fused-ring (bicyclic) bond motifs is 2. The van der Waals surface area contributed by atoms with Crippen molar-refractivity contribution in [2.45, 2.75) is 97.9 Å². The summed E-state index contributed by atoms with van der Waals surface area (Å²) >= 11 is 0. The number of carbonyl (C=O) groups excluding carboxylic acids is 1. The molecule has 4 aromatic carbocycles. The molecule has 19 nitrogen and oxygen atoms in total. The number of sulfonamides is 2. The maximum atomic E-state index is 14.8. The first-order valence-electron chi connectivity index (χ1n) is 23.4. The number of sulfone groups is 3. The first kappa shape index (κ1) is 59.8. The van der Waals surface area contributed by atoms with Gasteiger partial charge in [0, 0.05) is 64.9 Å². The monoisotopic (exact) mass is 1200 g/mol. The van der Waals surface area contributed by atoms with E-state index in [1.165, 1.54) is 55.4 Å².